The third-order valence-electron chi connectivity index (χ3n) is 2.30. The molecule has 0 spiro atoms. The van der Waals surface area contributed by atoms with Crippen LogP contribution in [0, 0.1) is 3.57 Å². The number of nitrogens with one attached hydrogen (secondary N) is 2. The highest BCUT2D eigenvalue weighted by molar-refractivity contribution is 14.1. The molecule has 0 aliphatic rings. The topological polar surface area (TPSA) is 41.1 Å². The lowest BCUT2D eigenvalue weighted by molar-refractivity contribution is -0.115. The van der Waals surface area contributed by atoms with E-state index in [0.29, 0.717) is 0 Å². The van der Waals surface area contributed by atoms with Gasteiger partial charge in [0.05, 0.1) is 5.69 Å². The standard InChI is InChI=1S/C14H11IN2OS2/c15-11-5-1-2-6-12(11)16-14(19)17-13(18)8-7-10-4-3-9-20-10/h1-9H,(H2,16,17,18,19)/b8-7+. The smallest absolute Gasteiger partial charge is 0.250 e. The second kappa shape index (κ2) is 7.51. The van der Waals surface area contributed by atoms with Crippen LogP contribution in [0.1, 0.15) is 4.88 Å². The maximum Gasteiger partial charge on any atom is 0.250 e. The van der Waals surface area contributed by atoms with Gasteiger partial charge in [-0.25, -0.2) is 0 Å². The number of anilines is 1. The number of halogens is 1. The molecule has 6 heteroatoms. The Labute approximate surface area is 140 Å². The third-order valence-corrected chi connectivity index (χ3v) is 4.28. The van der Waals surface area contributed by atoms with Gasteiger partial charge in [-0.05, 0) is 64.5 Å². The van der Waals surface area contributed by atoms with Crippen LogP contribution in [0.15, 0.2) is 47.9 Å². The van der Waals surface area contributed by atoms with Gasteiger partial charge in [0, 0.05) is 14.5 Å². The normalized spacial score (nSPS) is 10.4. The summed E-state index contributed by atoms with van der Waals surface area (Å²) in [6, 6.07) is 11.6. The van der Waals surface area contributed by atoms with Gasteiger partial charge in [0.25, 0.3) is 0 Å². The van der Waals surface area contributed by atoms with Crippen molar-refractivity contribution < 1.29 is 4.79 Å². The summed E-state index contributed by atoms with van der Waals surface area (Å²) in [4.78, 5) is 12.7. The first-order valence-electron chi connectivity index (χ1n) is 5.73. The van der Waals surface area contributed by atoms with Crippen LogP contribution < -0.4 is 10.6 Å². The third kappa shape index (κ3) is 4.69. The number of hydrogen-bond acceptors (Lipinski definition) is 3. The van der Waals surface area contributed by atoms with Crippen molar-refractivity contribution >= 4 is 68.9 Å². The van der Waals surface area contributed by atoms with Gasteiger partial charge in [0.2, 0.25) is 5.91 Å². The molecule has 1 amide bonds. The molecule has 0 aliphatic heterocycles. The van der Waals surface area contributed by atoms with Crippen molar-refractivity contribution in [3.63, 3.8) is 0 Å². The van der Waals surface area contributed by atoms with Gasteiger partial charge in [0.1, 0.15) is 0 Å². The summed E-state index contributed by atoms with van der Waals surface area (Å²) >= 11 is 8.88. The molecule has 102 valence electrons. The molecule has 0 fully saturated rings. The van der Waals surface area contributed by atoms with Gasteiger partial charge >= 0.3 is 0 Å². The summed E-state index contributed by atoms with van der Waals surface area (Å²) in [6.07, 6.45) is 3.23. The first-order valence-corrected chi connectivity index (χ1v) is 8.10. The molecule has 1 aromatic carbocycles. The molecule has 1 aromatic heterocycles. The first-order chi connectivity index (χ1) is 9.65. The van der Waals surface area contributed by atoms with Crippen LogP contribution in [0.5, 0.6) is 0 Å². The van der Waals surface area contributed by atoms with Gasteiger partial charge < -0.3 is 5.32 Å². The number of para-hydroxylation sites is 1. The molecule has 0 saturated heterocycles. The van der Waals surface area contributed by atoms with E-state index in [1.807, 2.05) is 41.8 Å². The van der Waals surface area contributed by atoms with Crippen LogP contribution in [-0.2, 0) is 4.79 Å². The van der Waals surface area contributed by atoms with Crippen LogP contribution in [0.3, 0.4) is 0 Å². The molecule has 0 radical (unpaired) electrons. The molecule has 1 heterocycles. The maximum atomic E-state index is 11.7. The highest BCUT2D eigenvalue weighted by Gasteiger charge is 2.03. The Morgan fingerprint density at radius 3 is 2.75 bits per heavy atom. The fourth-order valence-corrected chi connectivity index (χ4v) is 2.76. The van der Waals surface area contributed by atoms with E-state index in [1.165, 1.54) is 6.08 Å². The number of benzene rings is 1. The second-order valence-corrected chi connectivity index (χ2v) is 6.32. The fraction of sp³-hybridized carbons (Fsp3) is 0. The number of carbonyl (C=O) groups is 1. The quantitative estimate of drug-likeness (QED) is 0.455. The molecule has 0 unspecified atom stereocenters. The van der Waals surface area contributed by atoms with Crippen LogP contribution in [0.2, 0.25) is 0 Å². The van der Waals surface area contributed by atoms with E-state index in [4.69, 9.17) is 12.2 Å². The second-order valence-electron chi connectivity index (χ2n) is 3.77. The molecule has 0 bridgehead atoms. The molecule has 3 nitrogen and oxygen atoms in total. The molecule has 20 heavy (non-hydrogen) atoms. The maximum absolute atomic E-state index is 11.7. The summed E-state index contributed by atoms with van der Waals surface area (Å²) in [6.45, 7) is 0. The minimum absolute atomic E-state index is 0.248. The van der Waals surface area contributed by atoms with Crippen molar-refractivity contribution in [3.05, 3.63) is 56.3 Å². The van der Waals surface area contributed by atoms with Gasteiger partial charge in [-0.2, -0.15) is 0 Å². The zero-order chi connectivity index (χ0) is 14.4. The van der Waals surface area contributed by atoms with Crippen LogP contribution in [-0.4, -0.2) is 11.0 Å². The Kier molecular flexibility index (Phi) is 5.69. The van der Waals surface area contributed by atoms with Gasteiger partial charge in [-0.1, -0.05) is 18.2 Å². The first kappa shape index (κ1) is 15.1. The van der Waals surface area contributed by atoms with Crippen LogP contribution in [0.25, 0.3) is 6.08 Å². The number of thiocarbonyl (C=S) groups is 1. The Bertz CT molecular complexity index is 638. The molecule has 0 atom stereocenters. The molecule has 2 rings (SSSR count). The van der Waals surface area contributed by atoms with Crippen LogP contribution in [0.4, 0.5) is 5.69 Å². The fourth-order valence-electron chi connectivity index (χ4n) is 1.41. The van der Waals surface area contributed by atoms with Crippen molar-refractivity contribution in [1.82, 2.24) is 5.32 Å². The Morgan fingerprint density at radius 2 is 2.05 bits per heavy atom. The Balaban J connectivity index is 1.88. The van der Waals surface area contributed by atoms with Crippen molar-refractivity contribution in [2.45, 2.75) is 0 Å². The summed E-state index contributed by atoms with van der Waals surface area (Å²) in [7, 11) is 0. The average Bonchev–Trinajstić information content (AvgIpc) is 2.92. The van der Waals surface area contributed by atoms with Gasteiger partial charge in [-0.3, -0.25) is 10.1 Å². The van der Waals surface area contributed by atoms with Gasteiger partial charge in [0.15, 0.2) is 5.11 Å². The van der Waals surface area contributed by atoms with Gasteiger partial charge in [-0.15, -0.1) is 11.3 Å². The zero-order valence-electron chi connectivity index (χ0n) is 10.3. The summed E-state index contributed by atoms with van der Waals surface area (Å²) in [5.74, 6) is -0.248. The number of thiophene rings is 1. The number of carbonyl (C=O) groups excluding carboxylic acids is 1. The van der Waals surface area contributed by atoms with E-state index >= 15 is 0 Å². The molecule has 0 aliphatic carbocycles. The molecule has 2 N–H and O–H groups in total. The van der Waals surface area contributed by atoms with E-state index in [1.54, 1.807) is 17.4 Å². The van der Waals surface area contributed by atoms with Crippen LogP contribution >= 0.6 is 46.1 Å². The number of rotatable bonds is 3. The lowest BCUT2D eigenvalue weighted by Gasteiger charge is -2.09. The predicted molar refractivity (Wildman–Crippen MR) is 96.9 cm³/mol. The largest absolute Gasteiger partial charge is 0.332 e. The number of hydrogen-bond donors (Lipinski definition) is 2. The van der Waals surface area contributed by atoms with E-state index in [9.17, 15) is 4.79 Å². The van der Waals surface area contributed by atoms with E-state index in [0.717, 1.165) is 14.1 Å². The monoisotopic (exact) mass is 414 g/mol. The van der Waals surface area contributed by atoms with E-state index in [-0.39, 0.29) is 11.0 Å². The lowest BCUT2D eigenvalue weighted by atomic mass is 10.3. The molecule has 2 aromatic rings. The predicted octanol–water partition coefficient (Wildman–Crippen LogP) is 3.88. The minimum Gasteiger partial charge on any atom is -0.332 e. The van der Waals surface area contributed by atoms with Crippen molar-refractivity contribution in [1.29, 1.82) is 0 Å². The zero-order valence-corrected chi connectivity index (χ0v) is 14.1. The average molecular weight is 414 g/mol. The molecular formula is C14H11IN2OS2. The Hall–Kier alpha value is -1.25. The minimum atomic E-state index is -0.248. The molecule has 0 saturated carbocycles. The summed E-state index contributed by atoms with van der Waals surface area (Å²) < 4.78 is 1.04. The van der Waals surface area contributed by atoms with Crippen molar-refractivity contribution in [2.75, 3.05) is 5.32 Å². The summed E-state index contributed by atoms with van der Waals surface area (Å²) in [5, 5.41) is 7.86. The highest BCUT2D eigenvalue weighted by atomic mass is 127. The van der Waals surface area contributed by atoms with E-state index < -0.39 is 0 Å². The highest BCUT2D eigenvalue weighted by Crippen LogP contribution is 2.16. The summed E-state index contributed by atoms with van der Waals surface area (Å²) in [5.41, 5.74) is 0.876. The Morgan fingerprint density at radius 1 is 1.25 bits per heavy atom. The lowest BCUT2D eigenvalue weighted by Crippen LogP contribution is -2.33. The SMILES string of the molecule is O=C(/C=C/c1cccs1)NC(=S)Nc1ccccc1I. The molecular weight excluding hydrogens is 403 g/mol. The van der Waals surface area contributed by atoms with Crippen molar-refractivity contribution in [2.24, 2.45) is 0 Å². The number of amides is 1. The van der Waals surface area contributed by atoms with E-state index in [2.05, 4.69) is 33.2 Å². The van der Waals surface area contributed by atoms with Crippen molar-refractivity contribution in [3.8, 4) is 0 Å².